The van der Waals surface area contributed by atoms with Gasteiger partial charge in [0.25, 0.3) is 5.91 Å². The summed E-state index contributed by atoms with van der Waals surface area (Å²) in [5, 5.41) is 2.90. The van der Waals surface area contributed by atoms with Crippen LogP contribution in [0.1, 0.15) is 27.9 Å². The molecule has 0 spiro atoms. The molecule has 1 aliphatic rings. The van der Waals surface area contributed by atoms with Gasteiger partial charge in [0, 0.05) is 38.3 Å². The maximum Gasteiger partial charge on any atom is 0.251 e. The van der Waals surface area contributed by atoms with Gasteiger partial charge in [0.2, 0.25) is 10.0 Å². The number of carbonyl (C=O) groups excluding carboxylic acids is 1. The highest BCUT2D eigenvalue weighted by molar-refractivity contribution is 7.89. The van der Waals surface area contributed by atoms with Crippen molar-refractivity contribution in [2.24, 2.45) is 0 Å². The Kier molecular flexibility index (Phi) is 7.05. The van der Waals surface area contributed by atoms with Gasteiger partial charge in [-0.3, -0.25) is 4.79 Å². The van der Waals surface area contributed by atoms with Crippen LogP contribution in [0.2, 0.25) is 0 Å². The molecule has 1 saturated heterocycles. The summed E-state index contributed by atoms with van der Waals surface area (Å²) < 4.78 is 27.7. The second-order valence-corrected chi connectivity index (χ2v) is 9.44. The van der Waals surface area contributed by atoms with Crippen LogP contribution >= 0.6 is 0 Å². The highest BCUT2D eigenvalue weighted by atomic mass is 32.2. The fourth-order valence-electron chi connectivity index (χ4n) is 3.43. The van der Waals surface area contributed by atoms with Gasteiger partial charge in [0.05, 0.1) is 4.90 Å². The number of benzene rings is 2. The van der Waals surface area contributed by atoms with Gasteiger partial charge in [-0.15, -0.1) is 0 Å². The van der Waals surface area contributed by atoms with Crippen molar-refractivity contribution in [3.8, 4) is 0 Å². The molecule has 1 amide bonds. The summed E-state index contributed by atoms with van der Waals surface area (Å²) in [5.74, 6) is -0.243. The van der Waals surface area contributed by atoms with Gasteiger partial charge in [-0.25, -0.2) is 8.42 Å². The van der Waals surface area contributed by atoms with Crippen molar-refractivity contribution in [1.29, 1.82) is 0 Å². The Morgan fingerprint density at radius 2 is 1.72 bits per heavy atom. The van der Waals surface area contributed by atoms with Crippen LogP contribution in [0.4, 0.5) is 0 Å². The standard InChI is InChI=1S/C22H29N3O3S/c1-18-10-11-20(22(26)23-12-6-9-19-7-4-3-5-8-19)17-21(18)29(27,28)25-15-13-24(2)14-16-25/h3-5,7-8,10-11,17H,6,9,12-16H2,1-2H3,(H,23,26). The average molecular weight is 416 g/mol. The van der Waals surface area contributed by atoms with E-state index in [1.807, 2.05) is 25.2 Å². The Balaban J connectivity index is 1.64. The van der Waals surface area contributed by atoms with Crippen LogP contribution in [0.5, 0.6) is 0 Å². The van der Waals surface area contributed by atoms with Crippen molar-refractivity contribution < 1.29 is 13.2 Å². The summed E-state index contributed by atoms with van der Waals surface area (Å²) in [4.78, 5) is 14.9. The molecule has 0 bridgehead atoms. The minimum atomic E-state index is -3.61. The van der Waals surface area contributed by atoms with Gasteiger partial charge < -0.3 is 10.2 Å². The Morgan fingerprint density at radius 3 is 2.41 bits per heavy atom. The van der Waals surface area contributed by atoms with Crippen LogP contribution in [0.15, 0.2) is 53.4 Å². The van der Waals surface area contributed by atoms with E-state index in [2.05, 4.69) is 22.3 Å². The van der Waals surface area contributed by atoms with E-state index in [0.29, 0.717) is 43.9 Å². The van der Waals surface area contributed by atoms with Crippen LogP contribution in [-0.4, -0.2) is 63.3 Å². The average Bonchev–Trinajstić information content (AvgIpc) is 2.72. The number of hydrogen-bond donors (Lipinski definition) is 1. The van der Waals surface area contributed by atoms with Gasteiger partial charge in [-0.05, 0) is 50.1 Å². The second kappa shape index (κ2) is 9.52. The number of piperazine rings is 1. The van der Waals surface area contributed by atoms with E-state index >= 15 is 0 Å². The maximum atomic E-state index is 13.1. The largest absolute Gasteiger partial charge is 0.352 e. The molecular formula is C22H29N3O3S. The van der Waals surface area contributed by atoms with Crippen LogP contribution in [0, 0.1) is 6.92 Å². The molecule has 3 rings (SSSR count). The molecule has 0 radical (unpaired) electrons. The molecule has 7 heteroatoms. The van der Waals surface area contributed by atoms with Gasteiger partial charge in [0.15, 0.2) is 0 Å². The first-order valence-electron chi connectivity index (χ1n) is 9.99. The van der Waals surface area contributed by atoms with E-state index in [4.69, 9.17) is 0 Å². The fraction of sp³-hybridized carbons (Fsp3) is 0.409. The molecule has 2 aromatic rings. The van der Waals surface area contributed by atoms with E-state index in [1.165, 1.54) is 15.9 Å². The van der Waals surface area contributed by atoms with Crippen molar-refractivity contribution in [3.63, 3.8) is 0 Å². The van der Waals surface area contributed by atoms with Crippen LogP contribution in [0.3, 0.4) is 0 Å². The van der Waals surface area contributed by atoms with Gasteiger partial charge >= 0.3 is 0 Å². The third-order valence-corrected chi connectivity index (χ3v) is 7.34. The molecule has 0 saturated carbocycles. The number of rotatable bonds is 7. The molecule has 1 aliphatic heterocycles. The SMILES string of the molecule is Cc1ccc(C(=O)NCCCc2ccccc2)cc1S(=O)(=O)N1CCN(C)CC1. The summed E-state index contributed by atoms with van der Waals surface area (Å²) in [6.07, 6.45) is 1.71. The predicted octanol–water partition coefficient (Wildman–Crippen LogP) is 2.29. The molecule has 0 aliphatic carbocycles. The Bertz CT molecular complexity index is 937. The van der Waals surface area contributed by atoms with Crippen LogP contribution < -0.4 is 5.32 Å². The fourth-order valence-corrected chi connectivity index (χ4v) is 5.10. The highest BCUT2D eigenvalue weighted by Crippen LogP contribution is 2.22. The summed E-state index contributed by atoms with van der Waals surface area (Å²) >= 11 is 0. The molecule has 1 fully saturated rings. The van der Waals surface area contributed by atoms with E-state index < -0.39 is 10.0 Å². The number of sulfonamides is 1. The van der Waals surface area contributed by atoms with Crippen molar-refractivity contribution in [2.45, 2.75) is 24.7 Å². The summed E-state index contributed by atoms with van der Waals surface area (Å²) in [6.45, 7) is 4.66. The van der Waals surface area contributed by atoms with Gasteiger partial charge in [0.1, 0.15) is 0 Å². The zero-order valence-electron chi connectivity index (χ0n) is 17.1. The molecule has 0 aromatic heterocycles. The Labute approximate surface area is 173 Å². The molecule has 0 atom stereocenters. The summed E-state index contributed by atoms with van der Waals surface area (Å²) in [7, 11) is -1.62. The summed E-state index contributed by atoms with van der Waals surface area (Å²) in [5.41, 5.74) is 2.27. The monoisotopic (exact) mass is 415 g/mol. The third-order valence-electron chi connectivity index (χ3n) is 5.30. The van der Waals surface area contributed by atoms with Crippen LogP contribution in [0.25, 0.3) is 0 Å². The molecule has 0 unspecified atom stereocenters. The number of nitrogens with one attached hydrogen (secondary N) is 1. The number of nitrogens with zero attached hydrogens (tertiary/aromatic N) is 2. The third kappa shape index (κ3) is 5.44. The van der Waals surface area contributed by atoms with Crippen molar-refractivity contribution in [2.75, 3.05) is 39.8 Å². The lowest BCUT2D eigenvalue weighted by atomic mass is 10.1. The first-order chi connectivity index (χ1) is 13.9. The first-order valence-corrected chi connectivity index (χ1v) is 11.4. The summed E-state index contributed by atoms with van der Waals surface area (Å²) in [6, 6.07) is 15.0. The van der Waals surface area contributed by atoms with E-state index in [1.54, 1.807) is 19.1 Å². The van der Waals surface area contributed by atoms with Crippen molar-refractivity contribution in [1.82, 2.24) is 14.5 Å². The van der Waals surface area contributed by atoms with E-state index in [9.17, 15) is 13.2 Å². The number of carbonyl (C=O) groups is 1. The van der Waals surface area contributed by atoms with Crippen molar-refractivity contribution >= 4 is 15.9 Å². The van der Waals surface area contributed by atoms with Gasteiger partial charge in [-0.1, -0.05) is 36.4 Å². The Morgan fingerprint density at radius 1 is 1.03 bits per heavy atom. The maximum absolute atomic E-state index is 13.1. The topological polar surface area (TPSA) is 69.7 Å². The zero-order chi connectivity index (χ0) is 20.9. The lowest BCUT2D eigenvalue weighted by molar-refractivity contribution is 0.0953. The Hall–Kier alpha value is -2.22. The van der Waals surface area contributed by atoms with E-state index in [-0.39, 0.29) is 10.8 Å². The molecule has 6 nitrogen and oxygen atoms in total. The molecular weight excluding hydrogens is 386 g/mol. The minimum absolute atomic E-state index is 0.221. The number of likely N-dealkylation sites (N-methyl/N-ethyl adjacent to an activating group) is 1. The molecule has 1 N–H and O–H groups in total. The van der Waals surface area contributed by atoms with Crippen molar-refractivity contribution in [3.05, 3.63) is 65.2 Å². The minimum Gasteiger partial charge on any atom is -0.352 e. The van der Waals surface area contributed by atoms with Gasteiger partial charge in [-0.2, -0.15) is 4.31 Å². The molecule has 29 heavy (non-hydrogen) atoms. The van der Waals surface area contributed by atoms with E-state index in [0.717, 1.165) is 12.8 Å². The molecule has 2 aromatic carbocycles. The number of hydrogen-bond acceptors (Lipinski definition) is 4. The lowest BCUT2D eigenvalue weighted by Crippen LogP contribution is -2.47. The number of amides is 1. The predicted molar refractivity (Wildman–Crippen MR) is 115 cm³/mol. The van der Waals surface area contributed by atoms with Crippen LogP contribution in [-0.2, 0) is 16.4 Å². The highest BCUT2D eigenvalue weighted by Gasteiger charge is 2.29. The molecule has 156 valence electrons. The quantitative estimate of drug-likeness (QED) is 0.705. The number of aryl methyl sites for hydroxylation is 2. The normalized spacial score (nSPS) is 15.9. The molecule has 1 heterocycles. The smallest absolute Gasteiger partial charge is 0.251 e. The second-order valence-electron chi connectivity index (χ2n) is 7.53. The first kappa shape index (κ1) is 21.5. The lowest BCUT2D eigenvalue weighted by Gasteiger charge is -2.32. The zero-order valence-corrected chi connectivity index (χ0v) is 17.9.